The Balaban J connectivity index is 4.21. The number of carboxylic acids is 1. The number of hydrogen-bond donors (Lipinski definition) is 3. The second kappa shape index (κ2) is 6.75. The van der Waals surface area contributed by atoms with E-state index in [1.54, 1.807) is 0 Å². The van der Waals surface area contributed by atoms with Gasteiger partial charge in [0.05, 0.1) is 0 Å². The van der Waals surface area contributed by atoms with E-state index in [1.807, 2.05) is 13.8 Å². The average Bonchev–Trinajstić information content (AvgIpc) is 2.11. The molecule has 1 unspecified atom stereocenters. The van der Waals surface area contributed by atoms with Crippen LogP contribution in [0.3, 0.4) is 0 Å². The Hall–Kier alpha value is -0.750. The van der Waals surface area contributed by atoms with Crippen LogP contribution in [-0.2, 0) is 9.59 Å². The smallest absolute Gasteiger partial charge is 0.327 e. The summed E-state index contributed by atoms with van der Waals surface area (Å²) in [5, 5.41) is 20.1. The lowest BCUT2D eigenvalue weighted by Gasteiger charge is -2.24. The number of aliphatic carboxylic acids is 1. The molecule has 0 radical (unpaired) electrons. The third-order valence-corrected chi connectivity index (χ3v) is 3.52. The molecule has 0 aromatic carbocycles. The van der Waals surface area contributed by atoms with E-state index in [4.69, 9.17) is 10.2 Å². The zero-order valence-corrected chi connectivity index (χ0v) is 10.6. The molecule has 16 heavy (non-hydrogen) atoms. The topological polar surface area (TPSA) is 86.6 Å². The number of aliphatic hydroxyl groups is 1. The van der Waals surface area contributed by atoms with Gasteiger partial charge in [-0.1, -0.05) is 13.8 Å². The van der Waals surface area contributed by atoms with Crippen molar-refractivity contribution in [2.24, 2.45) is 0 Å². The first-order valence-corrected chi connectivity index (χ1v) is 6.02. The van der Waals surface area contributed by atoms with Crippen molar-refractivity contribution in [3.8, 4) is 0 Å². The number of aliphatic hydroxyl groups excluding tert-OH is 1. The minimum Gasteiger partial charge on any atom is -0.480 e. The molecular weight excluding hydrogens is 230 g/mol. The molecule has 0 bridgehead atoms. The molecule has 0 heterocycles. The van der Waals surface area contributed by atoms with Crippen molar-refractivity contribution in [2.45, 2.75) is 38.0 Å². The molecule has 1 amide bonds. The SMILES string of the molecule is CC(=O)NC(CSC(C)(C)CCO)C(=O)O. The van der Waals surface area contributed by atoms with Crippen molar-refractivity contribution < 1.29 is 19.8 Å². The van der Waals surface area contributed by atoms with E-state index < -0.39 is 12.0 Å². The van der Waals surface area contributed by atoms with Crippen LogP contribution in [0.4, 0.5) is 0 Å². The maximum Gasteiger partial charge on any atom is 0.327 e. The molecule has 94 valence electrons. The van der Waals surface area contributed by atoms with Gasteiger partial charge in [0.25, 0.3) is 0 Å². The van der Waals surface area contributed by atoms with Gasteiger partial charge in [-0.2, -0.15) is 11.8 Å². The first kappa shape index (κ1) is 15.2. The highest BCUT2D eigenvalue weighted by Gasteiger charge is 2.24. The number of hydrogen-bond acceptors (Lipinski definition) is 4. The summed E-state index contributed by atoms with van der Waals surface area (Å²) in [6, 6.07) is -0.875. The van der Waals surface area contributed by atoms with Crippen LogP contribution in [0.1, 0.15) is 27.2 Å². The predicted molar refractivity (Wildman–Crippen MR) is 63.5 cm³/mol. The van der Waals surface area contributed by atoms with Gasteiger partial charge in [0.1, 0.15) is 6.04 Å². The molecular formula is C10H19NO4S. The first-order chi connectivity index (χ1) is 7.28. The van der Waals surface area contributed by atoms with Crippen LogP contribution < -0.4 is 5.32 Å². The monoisotopic (exact) mass is 249 g/mol. The van der Waals surface area contributed by atoms with Crippen molar-refractivity contribution in [1.29, 1.82) is 0 Å². The van der Waals surface area contributed by atoms with Crippen molar-refractivity contribution >= 4 is 23.6 Å². The minimum absolute atomic E-state index is 0.0673. The number of rotatable bonds is 7. The van der Waals surface area contributed by atoms with Gasteiger partial charge in [0.15, 0.2) is 0 Å². The maximum atomic E-state index is 10.8. The summed E-state index contributed by atoms with van der Waals surface area (Å²) < 4.78 is -0.194. The summed E-state index contributed by atoms with van der Waals surface area (Å²) in [6.45, 7) is 5.22. The summed E-state index contributed by atoms with van der Waals surface area (Å²) in [6.07, 6.45) is 0.587. The van der Waals surface area contributed by atoms with E-state index in [9.17, 15) is 9.59 Å². The molecule has 0 aromatic rings. The van der Waals surface area contributed by atoms with Crippen LogP contribution in [0, 0.1) is 0 Å². The lowest BCUT2D eigenvalue weighted by atomic mass is 10.1. The quantitative estimate of drug-likeness (QED) is 0.610. The van der Waals surface area contributed by atoms with E-state index in [1.165, 1.54) is 18.7 Å². The van der Waals surface area contributed by atoms with Crippen LogP contribution in [0.2, 0.25) is 0 Å². The third-order valence-electron chi connectivity index (χ3n) is 2.03. The standard InChI is InChI=1S/C10H19NO4S/c1-7(13)11-8(9(14)15)6-16-10(2,3)4-5-12/h8,12H,4-6H2,1-3H3,(H,11,13)(H,14,15). The molecule has 0 aliphatic carbocycles. The zero-order chi connectivity index (χ0) is 12.8. The van der Waals surface area contributed by atoms with Gasteiger partial charge in [-0.3, -0.25) is 4.79 Å². The number of carbonyl (C=O) groups is 2. The van der Waals surface area contributed by atoms with Gasteiger partial charge in [-0.25, -0.2) is 4.79 Å². The van der Waals surface area contributed by atoms with Crippen LogP contribution in [0.15, 0.2) is 0 Å². The maximum absolute atomic E-state index is 10.8. The van der Waals surface area contributed by atoms with Crippen LogP contribution in [-0.4, -0.2) is 45.2 Å². The molecule has 0 aliphatic rings. The number of thioether (sulfide) groups is 1. The second-order valence-corrected chi connectivity index (χ2v) is 5.86. The zero-order valence-electron chi connectivity index (χ0n) is 9.82. The molecule has 0 saturated heterocycles. The summed E-state index contributed by atoms with van der Waals surface area (Å²) in [5.41, 5.74) is 0. The van der Waals surface area contributed by atoms with Crippen LogP contribution in [0.5, 0.6) is 0 Å². The molecule has 3 N–H and O–H groups in total. The third kappa shape index (κ3) is 6.68. The largest absolute Gasteiger partial charge is 0.480 e. The number of amides is 1. The number of nitrogens with one attached hydrogen (secondary N) is 1. The van der Waals surface area contributed by atoms with E-state index in [0.717, 1.165) is 0 Å². The van der Waals surface area contributed by atoms with Gasteiger partial charge in [-0.05, 0) is 6.42 Å². The number of carbonyl (C=O) groups excluding carboxylic acids is 1. The summed E-state index contributed by atoms with van der Waals surface area (Å²) in [7, 11) is 0. The van der Waals surface area contributed by atoms with E-state index in [-0.39, 0.29) is 17.3 Å². The Morgan fingerprint density at radius 3 is 2.38 bits per heavy atom. The second-order valence-electron chi connectivity index (χ2n) is 4.14. The Labute approximate surface area is 99.6 Å². The van der Waals surface area contributed by atoms with Gasteiger partial charge in [-0.15, -0.1) is 0 Å². The molecule has 0 rings (SSSR count). The lowest BCUT2D eigenvalue weighted by Crippen LogP contribution is -2.42. The predicted octanol–water partition coefficient (Wildman–Crippen LogP) is 0.470. The first-order valence-electron chi connectivity index (χ1n) is 5.03. The summed E-state index contributed by atoms with van der Waals surface area (Å²) in [4.78, 5) is 21.6. The van der Waals surface area contributed by atoms with Gasteiger partial charge in [0, 0.05) is 24.0 Å². The lowest BCUT2D eigenvalue weighted by molar-refractivity contribution is -0.140. The van der Waals surface area contributed by atoms with Crippen molar-refractivity contribution in [3.63, 3.8) is 0 Å². The Bertz CT molecular complexity index is 255. The molecule has 1 atom stereocenters. The molecule has 0 aliphatic heterocycles. The molecule has 0 saturated carbocycles. The van der Waals surface area contributed by atoms with Gasteiger partial charge in [0.2, 0.25) is 5.91 Å². The average molecular weight is 249 g/mol. The number of carboxylic acid groups (broad SMARTS) is 1. The highest BCUT2D eigenvalue weighted by Crippen LogP contribution is 2.28. The molecule has 0 spiro atoms. The van der Waals surface area contributed by atoms with Crippen LogP contribution in [0.25, 0.3) is 0 Å². The molecule has 0 aromatic heterocycles. The Morgan fingerprint density at radius 2 is 2.00 bits per heavy atom. The Kier molecular flexibility index (Phi) is 6.43. The molecule has 6 heteroatoms. The van der Waals surface area contributed by atoms with E-state index in [0.29, 0.717) is 12.2 Å². The fourth-order valence-corrected chi connectivity index (χ4v) is 2.15. The van der Waals surface area contributed by atoms with Crippen molar-refractivity contribution in [1.82, 2.24) is 5.32 Å². The van der Waals surface area contributed by atoms with Crippen molar-refractivity contribution in [3.05, 3.63) is 0 Å². The normalized spacial score (nSPS) is 13.2. The molecule has 5 nitrogen and oxygen atoms in total. The van der Waals surface area contributed by atoms with Gasteiger partial charge >= 0.3 is 5.97 Å². The summed E-state index contributed by atoms with van der Waals surface area (Å²) in [5.74, 6) is -1.10. The molecule has 0 fully saturated rings. The Morgan fingerprint density at radius 1 is 1.44 bits per heavy atom. The summed E-state index contributed by atoms with van der Waals surface area (Å²) >= 11 is 1.43. The highest BCUT2D eigenvalue weighted by atomic mass is 32.2. The van der Waals surface area contributed by atoms with Crippen LogP contribution >= 0.6 is 11.8 Å². The highest BCUT2D eigenvalue weighted by molar-refractivity contribution is 8.00. The van der Waals surface area contributed by atoms with Crippen molar-refractivity contribution in [2.75, 3.05) is 12.4 Å². The fraction of sp³-hybridized carbons (Fsp3) is 0.800. The van der Waals surface area contributed by atoms with Gasteiger partial charge < -0.3 is 15.5 Å². The fourth-order valence-electron chi connectivity index (χ4n) is 1.07. The van der Waals surface area contributed by atoms with E-state index >= 15 is 0 Å². The van der Waals surface area contributed by atoms with E-state index in [2.05, 4.69) is 5.32 Å². The minimum atomic E-state index is -1.04.